The number of furan rings is 1. The molecule has 22 heavy (non-hydrogen) atoms. The van der Waals surface area contributed by atoms with Crippen molar-refractivity contribution in [3.63, 3.8) is 0 Å². The van der Waals surface area contributed by atoms with Crippen LogP contribution in [0.25, 0.3) is 0 Å². The summed E-state index contributed by atoms with van der Waals surface area (Å²) in [5.41, 5.74) is 2.20. The third-order valence-corrected chi connectivity index (χ3v) is 5.03. The van der Waals surface area contributed by atoms with Crippen molar-refractivity contribution in [2.45, 2.75) is 0 Å². The summed E-state index contributed by atoms with van der Waals surface area (Å²) >= 11 is 1.43. The molecule has 114 valence electrons. The molecule has 0 N–H and O–H groups in total. The average molecular weight is 317 g/mol. The molecule has 2 saturated heterocycles. The summed E-state index contributed by atoms with van der Waals surface area (Å²) in [6.07, 6.45) is 1.51. The molecule has 0 bridgehead atoms. The Balaban J connectivity index is 1.40. The van der Waals surface area contributed by atoms with Gasteiger partial charge in [0, 0.05) is 43.4 Å². The van der Waals surface area contributed by atoms with E-state index in [4.69, 9.17) is 4.42 Å². The van der Waals surface area contributed by atoms with Gasteiger partial charge in [-0.25, -0.2) is 4.98 Å². The predicted octanol–water partition coefficient (Wildman–Crippen LogP) is 1.58. The van der Waals surface area contributed by atoms with Crippen LogP contribution < -0.4 is 0 Å². The number of hydrogen-bond donors (Lipinski definition) is 0. The van der Waals surface area contributed by atoms with Crippen molar-refractivity contribution in [2.24, 2.45) is 11.8 Å². The van der Waals surface area contributed by atoms with Crippen molar-refractivity contribution in [3.05, 3.63) is 40.7 Å². The van der Waals surface area contributed by atoms with E-state index in [0.29, 0.717) is 49.5 Å². The minimum absolute atomic E-state index is 0.000406. The van der Waals surface area contributed by atoms with Gasteiger partial charge in [-0.1, -0.05) is 0 Å². The summed E-state index contributed by atoms with van der Waals surface area (Å²) in [5.74, 6) is 1.02. The quantitative estimate of drug-likeness (QED) is 0.843. The molecule has 7 heteroatoms. The second-order valence-corrected chi connectivity index (χ2v) is 6.51. The van der Waals surface area contributed by atoms with Gasteiger partial charge in [0.25, 0.3) is 11.8 Å². The Morgan fingerprint density at radius 1 is 1.14 bits per heavy atom. The van der Waals surface area contributed by atoms with Crippen LogP contribution in [0.15, 0.2) is 33.7 Å². The molecule has 2 aliphatic heterocycles. The lowest BCUT2D eigenvalue weighted by molar-refractivity contribution is 0.0717. The molecular weight excluding hydrogens is 302 g/mol. The van der Waals surface area contributed by atoms with Crippen molar-refractivity contribution in [1.29, 1.82) is 0 Å². The molecule has 2 aliphatic rings. The van der Waals surface area contributed by atoms with Gasteiger partial charge < -0.3 is 14.2 Å². The molecule has 0 radical (unpaired) electrons. The second kappa shape index (κ2) is 5.24. The van der Waals surface area contributed by atoms with Crippen LogP contribution in [0.5, 0.6) is 0 Å². The Kier molecular flexibility index (Phi) is 3.22. The molecule has 2 amide bonds. The van der Waals surface area contributed by atoms with E-state index in [1.807, 2.05) is 9.80 Å². The summed E-state index contributed by atoms with van der Waals surface area (Å²) in [4.78, 5) is 32.4. The number of carbonyl (C=O) groups is 2. The summed E-state index contributed by atoms with van der Waals surface area (Å²) in [7, 11) is 0. The predicted molar refractivity (Wildman–Crippen MR) is 79.6 cm³/mol. The number of rotatable bonds is 2. The van der Waals surface area contributed by atoms with E-state index in [-0.39, 0.29) is 11.8 Å². The third kappa shape index (κ3) is 2.21. The van der Waals surface area contributed by atoms with Crippen LogP contribution in [0, 0.1) is 11.8 Å². The highest BCUT2D eigenvalue weighted by Crippen LogP contribution is 2.32. The van der Waals surface area contributed by atoms with E-state index in [1.54, 1.807) is 23.0 Å². The van der Waals surface area contributed by atoms with Crippen LogP contribution in [0.3, 0.4) is 0 Å². The largest absolute Gasteiger partial charge is 0.459 e. The number of carbonyl (C=O) groups excluding carboxylic acids is 2. The first-order valence-corrected chi connectivity index (χ1v) is 8.17. The fourth-order valence-electron chi connectivity index (χ4n) is 3.36. The molecule has 0 saturated carbocycles. The zero-order valence-corrected chi connectivity index (χ0v) is 12.7. The minimum atomic E-state index is -0.0585. The van der Waals surface area contributed by atoms with E-state index in [1.165, 1.54) is 17.6 Å². The van der Waals surface area contributed by atoms with Crippen LogP contribution in [-0.2, 0) is 0 Å². The molecule has 2 atom stereocenters. The van der Waals surface area contributed by atoms with Crippen LogP contribution in [-0.4, -0.2) is 52.8 Å². The molecule has 2 fully saturated rings. The Morgan fingerprint density at radius 3 is 2.36 bits per heavy atom. The number of amides is 2. The standard InChI is InChI=1S/C15H15N3O3S/c19-14(12-8-22-9-16-12)17-4-10-6-18(7-11(10)5-17)15(20)13-2-1-3-21-13/h1-3,8-11H,4-7H2/t10-,11+. The Hall–Kier alpha value is -2.15. The Labute approximate surface area is 131 Å². The number of aromatic nitrogens is 1. The Morgan fingerprint density at radius 2 is 1.82 bits per heavy atom. The zero-order chi connectivity index (χ0) is 15.1. The number of fused-ring (bicyclic) bond motifs is 1. The van der Waals surface area contributed by atoms with Gasteiger partial charge >= 0.3 is 0 Å². The van der Waals surface area contributed by atoms with Crippen LogP contribution in [0.1, 0.15) is 21.0 Å². The second-order valence-electron chi connectivity index (χ2n) is 5.79. The maximum Gasteiger partial charge on any atom is 0.289 e. The fraction of sp³-hybridized carbons (Fsp3) is 0.400. The number of thiazole rings is 1. The lowest BCUT2D eigenvalue weighted by Crippen LogP contribution is -2.35. The smallest absolute Gasteiger partial charge is 0.289 e. The molecule has 0 unspecified atom stereocenters. The van der Waals surface area contributed by atoms with E-state index in [9.17, 15) is 9.59 Å². The van der Waals surface area contributed by atoms with Gasteiger partial charge in [0.1, 0.15) is 5.69 Å². The molecular formula is C15H15N3O3S. The first-order chi connectivity index (χ1) is 10.7. The molecule has 0 aliphatic carbocycles. The van der Waals surface area contributed by atoms with Crippen LogP contribution in [0.4, 0.5) is 0 Å². The molecule has 6 nitrogen and oxygen atoms in total. The van der Waals surface area contributed by atoms with E-state index >= 15 is 0 Å². The van der Waals surface area contributed by atoms with Gasteiger partial charge in [-0.05, 0) is 12.1 Å². The van der Waals surface area contributed by atoms with Crippen LogP contribution >= 0.6 is 11.3 Å². The van der Waals surface area contributed by atoms with E-state index in [2.05, 4.69) is 4.98 Å². The summed E-state index contributed by atoms with van der Waals surface area (Å²) in [6, 6.07) is 3.41. The number of likely N-dealkylation sites (tertiary alicyclic amines) is 2. The lowest BCUT2D eigenvalue weighted by Gasteiger charge is -2.20. The molecule has 0 aromatic carbocycles. The van der Waals surface area contributed by atoms with Crippen LogP contribution in [0.2, 0.25) is 0 Å². The third-order valence-electron chi connectivity index (χ3n) is 4.44. The van der Waals surface area contributed by atoms with Gasteiger partial charge in [0.2, 0.25) is 0 Å². The van der Waals surface area contributed by atoms with Gasteiger partial charge in [-0.3, -0.25) is 9.59 Å². The Bertz CT molecular complexity index is 611. The molecule has 2 aromatic rings. The summed E-state index contributed by atoms with van der Waals surface area (Å²) < 4.78 is 5.18. The van der Waals surface area contributed by atoms with Crippen molar-refractivity contribution >= 4 is 23.2 Å². The SMILES string of the molecule is O=C(c1cscn1)N1C[C@@H]2CN(C(=O)c3ccco3)C[C@@H]2C1. The summed E-state index contributed by atoms with van der Waals surface area (Å²) in [6.45, 7) is 2.77. The highest BCUT2D eigenvalue weighted by Gasteiger charge is 2.43. The fourth-order valence-corrected chi connectivity index (χ4v) is 3.89. The van der Waals surface area contributed by atoms with Gasteiger partial charge in [-0.2, -0.15) is 0 Å². The number of hydrogen-bond acceptors (Lipinski definition) is 5. The average Bonchev–Trinajstić information content (AvgIpc) is 3.28. The highest BCUT2D eigenvalue weighted by molar-refractivity contribution is 7.07. The molecule has 4 rings (SSSR count). The van der Waals surface area contributed by atoms with Crippen molar-refractivity contribution in [1.82, 2.24) is 14.8 Å². The zero-order valence-electron chi connectivity index (χ0n) is 11.8. The molecule has 0 spiro atoms. The topological polar surface area (TPSA) is 66.7 Å². The van der Waals surface area contributed by atoms with E-state index in [0.717, 1.165) is 0 Å². The van der Waals surface area contributed by atoms with Crippen molar-refractivity contribution in [2.75, 3.05) is 26.2 Å². The minimum Gasteiger partial charge on any atom is -0.459 e. The van der Waals surface area contributed by atoms with Gasteiger partial charge in [0.05, 0.1) is 11.8 Å². The number of nitrogens with zero attached hydrogens (tertiary/aromatic N) is 3. The van der Waals surface area contributed by atoms with E-state index < -0.39 is 0 Å². The monoisotopic (exact) mass is 317 g/mol. The maximum atomic E-state index is 12.3. The highest BCUT2D eigenvalue weighted by atomic mass is 32.1. The van der Waals surface area contributed by atoms with Crippen molar-refractivity contribution < 1.29 is 14.0 Å². The first kappa shape index (κ1) is 13.5. The van der Waals surface area contributed by atoms with Crippen molar-refractivity contribution in [3.8, 4) is 0 Å². The maximum absolute atomic E-state index is 12.3. The van der Waals surface area contributed by atoms with Gasteiger partial charge in [-0.15, -0.1) is 11.3 Å². The lowest BCUT2D eigenvalue weighted by atomic mass is 10.0. The normalized spacial score (nSPS) is 23.8. The first-order valence-electron chi connectivity index (χ1n) is 7.22. The molecule has 4 heterocycles. The summed E-state index contributed by atoms with van der Waals surface area (Å²) in [5, 5.41) is 1.78. The molecule has 2 aromatic heterocycles. The van der Waals surface area contributed by atoms with Gasteiger partial charge in [0.15, 0.2) is 5.76 Å².